The number of unbranched alkanes of at least 4 members (excludes halogenated alkanes) is 2. The molecule has 1 aliphatic carbocycles. The van der Waals surface area contributed by atoms with Gasteiger partial charge in [0.05, 0.1) is 0 Å². The lowest BCUT2D eigenvalue weighted by atomic mass is 9.77. The number of rotatable bonds is 11. The van der Waals surface area contributed by atoms with E-state index < -0.39 is 24.2 Å². The van der Waals surface area contributed by atoms with Gasteiger partial charge in [-0.05, 0) is 85.3 Å². The summed E-state index contributed by atoms with van der Waals surface area (Å²) < 4.78 is 95.2. The second-order valence-corrected chi connectivity index (χ2v) is 9.78. The van der Waals surface area contributed by atoms with Crippen molar-refractivity contribution in [3.63, 3.8) is 0 Å². The summed E-state index contributed by atoms with van der Waals surface area (Å²) in [5.74, 6) is 0.287. The van der Waals surface area contributed by atoms with Gasteiger partial charge in [0, 0.05) is 0 Å². The van der Waals surface area contributed by atoms with Crippen LogP contribution >= 0.6 is 0 Å². The summed E-state index contributed by atoms with van der Waals surface area (Å²) >= 11 is 0. The van der Waals surface area contributed by atoms with Crippen molar-refractivity contribution in [2.24, 2.45) is 5.92 Å². The SMILES string of the molecule is CCCCCC1CCC(c2ccc(CCc3ccc(OC(F)(F)C(F)C(F)(F)F)cc3)c(F)c2)CC1. The van der Waals surface area contributed by atoms with E-state index in [2.05, 4.69) is 11.7 Å². The lowest BCUT2D eigenvalue weighted by Crippen LogP contribution is -2.45. The monoisotopic (exact) mass is 518 g/mol. The minimum Gasteiger partial charge on any atom is -0.430 e. The van der Waals surface area contributed by atoms with Crippen LogP contribution in [0.1, 0.15) is 80.9 Å². The number of alkyl halides is 6. The Morgan fingerprint density at radius 2 is 1.56 bits per heavy atom. The van der Waals surface area contributed by atoms with Gasteiger partial charge in [-0.2, -0.15) is 22.0 Å². The predicted octanol–water partition coefficient (Wildman–Crippen LogP) is 9.34. The maximum Gasteiger partial charge on any atom is 0.439 e. The molecule has 8 heteroatoms. The Morgan fingerprint density at radius 3 is 2.14 bits per heavy atom. The average Bonchev–Trinajstić information content (AvgIpc) is 2.83. The standard InChI is InChI=1S/C28H33F7O/c1-2-3-4-5-19-6-11-21(12-7-19)23-15-14-22(25(29)18-23)13-8-20-9-16-24(17-10-20)36-28(34,35)26(30)27(31,32)33/h9-10,14-19,21,26H,2-8,11-13H2,1H3. The molecule has 0 saturated heterocycles. The van der Waals surface area contributed by atoms with Crippen molar-refractivity contribution in [2.45, 2.75) is 95.5 Å². The topological polar surface area (TPSA) is 9.23 Å². The van der Waals surface area contributed by atoms with E-state index in [1.165, 1.54) is 50.7 Å². The molecule has 0 aromatic heterocycles. The average molecular weight is 519 g/mol. The highest BCUT2D eigenvalue weighted by molar-refractivity contribution is 5.31. The quantitative estimate of drug-likeness (QED) is 0.213. The fourth-order valence-electron chi connectivity index (χ4n) is 4.89. The summed E-state index contributed by atoms with van der Waals surface area (Å²) in [6.45, 7) is 2.21. The first-order valence-corrected chi connectivity index (χ1v) is 12.6. The van der Waals surface area contributed by atoms with Gasteiger partial charge < -0.3 is 4.74 Å². The lowest BCUT2D eigenvalue weighted by Gasteiger charge is -2.29. The Bertz CT molecular complexity index is 947. The van der Waals surface area contributed by atoms with Crippen LogP contribution < -0.4 is 4.74 Å². The van der Waals surface area contributed by atoms with Gasteiger partial charge in [-0.1, -0.05) is 56.9 Å². The van der Waals surface area contributed by atoms with E-state index in [1.54, 1.807) is 12.1 Å². The summed E-state index contributed by atoms with van der Waals surface area (Å²) in [7, 11) is 0. The first-order valence-electron chi connectivity index (χ1n) is 12.6. The first-order chi connectivity index (χ1) is 17.0. The van der Waals surface area contributed by atoms with Gasteiger partial charge >= 0.3 is 12.3 Å². The van der Waals surface area contributed by atoms with Gasteiger partial charge in [0.1, 0.15) is 11.6 Å². The Kier molecular flexibility index (Phi) is 9.70. The third kappa shape index (κ3) is 7.87. The molecule has 0 spiro atoms. The maximum atomic E-state index is 14.8. The second kappa shape index (κ2) is 12.3. The summed E-state index contributed by atoms with van der Waals surface area (Å²) in [4.78, 5) is 0. The van der Waals surface area contributed by atoms with Gasteiger partial charge in [-0.25, -0.2) is 8.78 Å². The molecule has 0 heterocycles. The number of halogens is 7. The number of benzene rings is 2. The molecule has 0 amide bonds. The highest BCUT2D eigenvalue weighted by atomic mass is 19.4. The van der Waals surface area contributed by atoms with Crippen molar-refractivity contribution in [1.82, 2.24) is 0 Å². The molecule has 200 valence electrons. The Labute approximate surface area is 208 Å². The number of aryl methyl sites for hydroxylation is 2. The zero-order chi connectivity index (χ0) is 26.3. The summed E-state index contributed by atoms with van der Waals surface area (Å²) in [5.41, 5.74) is 2.21. The van der Waals surface area contributed by atoms with Gasteiger partial charge in [0.25, 0.3) is 6.17 Å². The van der Waals surface area contributed by atoms with Crippen molar-refractivity contribution >= 4 is 0 Å². The van der Waals surface area contributed by atoms with E-state index in [1.807, 2.05) is 6.07 Å². The van der Waals surface area contributed by atoms with E-state index in [0.717, 1.165) is 36.5 Å². The molecule has 1 aliphatic rings. The Balaban J connectivity index is 1.51. The third-order valence-corrected chi connectivity index (χ3v) is 7.05. The van der Waals surface area contributed by atoms with E-state index in [4.69, 9.17) is 0 Å². The van der Waals surface area contributed by atoms with Crippen molar-refractivity contribution in [2.75, 3.05) is 0 Å². The summed E-state index contributed by atoms with van der Waals surface area (Å²) in [5, 5.41) is 0. The van der Waals surface area contributed by atoms with Crippen molar-refractivity contribution in [3.8, 4) is 5.75 Å². The first kappa shape index (κ1) is 28.3. The number of hydrogen-bond acceptors (Lipinski definition) is 1. The molecule has 1 atom stereocenters. The van der Waals surface area contributed by atoms with Gasteiger partial charge in [-0.15, -0.1) is 0 Å². The van der Waals surface area contributed by atoms with E-state index in [-0.39, 0.29) is 5.82 Å². The molecule has 0 aliphatic heterocycles. The number of ether oxygens (including phenoxy) is 1. The maximum absolute atomic E-state index is 14.8. The van der Waals surface area contributed by atoms with Gasteiger partial charge in [0.15, 0.2) is 0 Å². The third-order valence-electron chi connectivity index (χ3n) is 7.05. The molecule has 2 aromatic rings. The van der Waals surface area contributed by atoms with Crippen LogP contribution in [0.15, 0.2) is 42.5 Å². The lowest BCUT2D eigenvalue weighted by molar-refractivity contribution is -0.304. The van der Waals surface area contributed by atoms with Gasteiger partial charge in [0.2, 0.25) is 0 Å². The predicted molar refractivity (Wildman–Crippen MR) is 126 cm³/mol. The Morgan fingerprint density at radius 1 is 0.889 bits per heavy atom. The summed E-state index contributed by atoms with van der Waals surface area (Å²) in [6, 6.07) is 10.2. The van der Waals surface area contributed by atoms with Crippen LogP contribution in [0.4, 0.5) is 30.7 Å². The molecule has 2 aromatic carbocycles. The van der Waals surface area contributed by atoms with E-state index >= 15 is 0 Å². The van der Waals surface area contributed by atoms with Crippen molar-refractivity contribution < 1.29 is 35.5 Å². The zero-order valence-electron chi connectivity index (χ0n) is 20.4. The molecular weight excluding hydrogens is 485 g/mol. The summed E-state index contributed by atoms with van der Waals surface area (Å²) in [6.07, 6.45) is -4.85. The highest BCUT2D eigenvalue weighted by Gasteiger charge is 2.59. The molecule has 1 saturated carbocycles. The molecule has 1 unspecified atom stereocenters. The van der Waals surface area contributed by atoms with Crippen LogP contribution in [-0.2, 0) is 12.8 Å². The van der Waals surface area contributed by atoms with E-state index in [0.29, 0.717) is 29.9 Å². The smallest absolute Gasteiger partial charge is 0.430 e. The molecular formula is C28H33F7O. The molecule has 3 rings (SSSR count). The normalized spacial score (nSPS) is 19.8. The minimum absolute atomic E-state index is 0.279. The van der Waals surface area contributed by atoms with Crippen LogP contribution in [0.25, 0.3) is 0 Å². The fraction of sp³-hybridized carbons (Fsp3) is 0.571. The fourth-order valence-corrected chi connectivity index (χ4v) is 4.89. The molecule has 0 bridgehead atoms. The van der Waals surface area contributed by atoms with Crippen LogP contribution in [0, 0.1) is 11.7 Å². The van der Waals surface area contributed by atoms with Crippen LogP contribution in [-0.4, -0.2) is 18.5 Å². The molecule has 36 heavy (non-hydrogen) atoms. The minimum atomic E-state index is -5.74. The van der Waals surface area contributed by atoms with E-state index in [9.17, 15) is 30.7 Å². The molecule has 0 N–H and O–H groups in total. The Hall–Kier alpha value is -2.25. The zero-order valence-corrected chi connectivity index (χ0v) is 20.4. The molecule has 1 nitrogen and oxygen atoms in total. The second-order valence-electron chi connectivity index (χ2n) is 9.78. The number of hydrogen-bond donors (Lipinski definition) is 0. The van der Waals surface area contributed by atoms with Crippen LogP contribution in [0.2, 0.25) is 0 Å². The van der Waals surface area contributed by atoms with Crippen LogP contribution in [0.5, 0.6) is 5.75 Å². The van der Waals surface area contributed by atoms with Crippen molar-refractivity contribution in [3.05, 3.63) is 65.0 Å². The molecule has 0 radical (unpaired) electrons. The molecule has 1 fully saturated rings. The highest BCUT2D eigenvalue weighted by Crippen LogP contribution is 2.39. The van der Waals surface area contributed by atoms with Crippen molar-refractivity contribution in [1.29, 1.82) is 0 Å². The largest absolute Gasteiger partial charge is 0.439 e. The van der Waals surface area contributed by atoms with Crippen LogP contribution in [0.3, 0.4) is 0 Å². The van der Waals surface area contributed by atoms with Gasteiger partial charge in [-0.3, -0.25) is 0 Å².